The van der Waals surface area contributed by atoms with Gasteiger partial charge in [-0.2, -0.15) is 0 Å². The number of hydrogen-bond donors (Lipinski definition) is 0. The first kappa shape index (κ1) is 11.7. The minimum Gasteiger partial charge on any atom is -0.359 e. The van der Waals surface area contributed by atoms with Crippen LogP contribution in [0, 0.1) is 12.8 Å². The number of aryl methyl sites for hydroxylation is 1. The second-order valence-corrected chi connectivity index (χ2v) is 5.05. The molecular weight excluding hydrogens is 220 g/mol. The van der Waals surface area contributed by atoms with Gasteiger partial charge in [-0.25, -0.2) is 4.98 Å². The minimum absolute atomic E-state index is 0.563. The maximum Gasteiger partial charge on any atom is 0.128 e. The maximum absolute atomic E-state index is 5.87. The Kier molecular flexibility index (Phi) is 3.70. The summed E-state index contributed by atoms with van der Waals surface area (Å²) in [5.74, 6) is 2.49. The molecule has 0 amide bonds. The summed E-state index contributed by atoms with van der Waals surface area (Å²) >= 11 is 5.87. The third-order valence-corrected chi connectivity index (χ3v) is 3.61. The van der Waals surface area contributed by atoms with E-state index in [0.29, 0.717) is 5.88 Å². The van der Waals surface area contributed by atoms with Gasteiger partial charge in [0.2, 0.25) is 0 Å². The van der Waals surface area contributed by atoms with Crippen molar-refractivity contribution in [1.82, 2.24) is 4.98 Å². The molecule has 2 nitrogen and oxygen atoms in total. The van der Waals surface area contributed by atoms with E-state index in [4.69, 9.17) is 11.6 Å². The van der Waals surface area contributed by atoms with E-state index in [-0.39, 0.29) is 0 Å². The zero-order valence-corrected chi connectivity index (χ0v) is 10.8. The first-order valence-corrected chi connectivity index (χ1v) is 6.47. The van der Waals surface area contributed by atoms with Crippen LogP contribution < -0.4 is 4.90 Å². The molecule has 1 aliphatic carbocycles. The van der Waals surface area contributed by atoms with Gasteiger partial charge in [-0.05, 0) is 43.4 Å². The predicted octanol–water partition coefficient (Wildman–Crippen LogP) is 3.37. The molecule has 88 valence electrons. The normalized spacial score (nSPS) is 15.9. The number of rotatable bonds is 4. The smallest absolute Gasteiger partial charge is 0.128 e. The summed E-state index contributed by atoms with van der Waals surface area (Å²) in [7, 11) is 2.12. The van der Waals surface area contributed by atoms with Gasteiger partial charge in [0.1, 0.15) is 5.82 Å². The van der Waals surface area contributed by atoms with E-state index in [2.05, 4.69) is 23.0 Å². The molecule has 0 aliphatic heterocycles. The quantitative estimate of drug-likeness (QED) is 0.748. The van der Waals surface area contributed by atoms with E-state index >= 15 is 0 Å². The topological polar surface area (TPSA) is 16.1 Å². The van der Waals surface area contributed by atoms with Crippen LogP contribution in [0.5, 0.6) is 0 Å². The third-order valence-electron chi connectivity index (χ3n) is 3.30. The molecule has 1 saturated carbocycles. The van der Waals surface area contributed by atoms with Gasteiger partial charge >= 0.3 is 0 Å². The van der Waals surface area contributed by atoms with E-state index in [1.54, 1.807) is 0 Å². The number of halogens is 1. The predicted molar refractivity (Wildman–Crippen MR) is 69.1 cm³/mol. The lowest BCUT2D eigenvalue weighted by molar-refractivity contribution is 0.321. The van der Waals surface area contributed by atoms with Crippen molar-refractivity contribution in [2.24, 2.45) is 5.92 Å². The van der Waals surface area contributed by atoms with Crippen LogP contribution in [0.2, 0.25) is 0 Å². The lowest BCUT2D eigenvalue weighted by Gasteiger charge is -2.31. The molecule has 0 aromatic carbocycles. The van der Waals surface area contributed by atoms with Crippen molar-refractivity contribution < 1.29 is 0 Å². The molecule has 0 N–H and O–H groups in total. The van der Waals surface area contributed by atoms with Crippen molar-refractivity contribution in [3.63, 3.8) is 0 Å². The largest absolute Gasteiger partial charge is 0.359 e. The number of hydrogen-bond acceptors (Lipinski definition) is 2. The van der Waals surface area contributed by atoms with Crippen LogP contribution in [-0.4, -0.2) is 18.6 Å². The lowest BCUT2D eigenvalue weighted by atomic mass is 9.85. The Hall–Kier alpha value is -0.760. The molecule has 1 fully saturated rings. The molecular formula is C13H19ClN2. The maximum atomic E-state index is 5.87. The van der Waals surface area contributed by atoms with Gasteiger partial charge in [0.25, 0.3) is 0 Å². The van der Waals surface area contributed by atoms with Crippen molar-refractivity contribution in [1.29, 1.82) is 0 Å². The molecule has 0 radical (unpaired) electrons. The number of alkyl halides is 1. The third kappa shape index (κ3) is 2.67. The van der Waals surface area contributed by atoms with Crippen LogP contribution in [0.15, 0.2) is 12.1 Å². The first-order chi connectivity index (χ1) is 7.69. The van der Waals surface area contributed by atoms with Crippen molar-refractivity contribution >= 4 is 17.4 Å². The van der Waals surface area contributed by atoms with Gasteiger partial charge in [-0.15, -0.1) is 11.6 Å². The van der Waals surface area contributed by atoms with Crippen LogP contribution in [0.25, 0.3) is 0 Å². The molecule has 0 spiro atoms. The van der Waals surface area contributed by atoms with E-state index in [1.165, 1.54) is 19.3 Å². The molecule has 0 atom stereocenters. The molecule has 0 bridgehead atoms. The summed E-state index contributed by atoms with van der Waals surface area (Å²) in [6, 6.07) is 4.15. The Labute approximate surface area is 103 Å². The van der Waals surface area contributed by atoms with Crippen LogP contribution in [0.1, 0.15) is 30.5 Å². The molecule has 3 heteroatoms. The Morgan fingerprint density at radius 1 is 1.44 bits per heavy atom. The Morgan fingerprint density at radius 2 is 2.19 bits per heavy atom. The summed E-state index contributed by atoms with van der Waals surface area (Å²) in [5, 5.41) is 0. The van der Waals surface area contributed by atoms with Gasteiger partial charge in [-0.3, -0.25) is 0 Å². The van der Waals surface area contributed by atoms with Crippen molar-refractivity contribution in [3.05, 3.63) is 23.4 Å². The molecule has 16 heavy (non-hydrogen) atoms. The molecule has 0 unspecified atom stereocenters. The van der Waals surface area contributed by atoms with Crippen LogP contribution >= 0.6 is 11.6 Å². The highest BCUT2D eigenvalue weighted by Gasteiger charge is 2.19. The Balaban J connectivity index is 2.08. The standard InChI is InChI=1S/C13H19ClN2/c1-10-6-12(8-14)7-13(15-10)16(2)9-11-4-3-5-11/h6-7,11H,3-5,8-9H2,1-2H3. The fourth-order valence-electron chi connectivity index (χ4n) is 2.15. The van der Waals surface area contributed by atoms with Crippen LogP contribution in [0.4, 0.5) is 5.82 Å². The fourth-order valence-corrected chi connectivity index (χ4v) is 2.30. The SMILES string of the molecule is Cc1cc(CCl)cc(N(C)CC2CCC2)n1. The van der Waals surface area contributed by atoms with Crippen molar-refractivity contribution in [3.8, 4) is 0 Å². The first-order valence-electron chi connectivity index (χ1n) is 5.93. The summed E-state index contributed by atoms with van der Waals surface area (Å²) in [4.78, 5) is 6.82. The highest BCUT2D eigenvalue weighted by molar-refractivity contribution is 6.17. The second kappa shape index (κ2) is 5.05. The average Bonchev–Trinajstić information content (AvgIpc) is 2.22. The monoisotopic (exact) mass is 238 g/mol. The van der Waals surface area contributed by atoms with E-state index in [9.17, 15) is 0 Å². The van der Waals surface area contributed by atoms with E-state index in [1.807, 2.05) is 13.0 Å². The van der Waals surface area contributed by atoms with Gasteiger partial charge in [0.05, 0.1) is 0 Å². The highest BCUT2D eigenvalue weighted by Crippen LogP contribution is 2.28. The molecule has 1 aromatic heterocycles. The van der Waals surface area contributed by atoms with Gasteiger partial charge in [0, 0.05) is 25.2 Å². The fraction of sp³-hybridized carbons (Fsp3) is 0.615. The van der Waals surface area contributed by atoms with Crippen LogP contribution in [0.3, 0.4) is 0 Å². The van der Waals surface area contributed by atoms with Crippen molar-refractivity contribution in [2.45, 2.75) is 32.1 Å². The minimum atomic E-state index is 0.563. The molecule has 1 aromatic rings. The average molecular weight is 239 g/mol. The Bertz CT molecular complexity index is 361. The van der Waals surface area contributed by atoms with Gasteiger partial charge in [0.15, 0.2) is 0 Å². The summed E-state index contributed by atoms with van der Waals surface area (Å²) < 4.78 is 0. The zero-order valence-electron chi connectivity index (χ0n) is 10.0. The lowest BCUT2D eigenvalue weighted by Crippen LogP contribution is -2.30. The molecule has 1 heterocycles. The summed E-state index contributed by atoms with van der Waals surface area (Å²) in [5.41, 5.74) is 2.21. The second-order valence-electron chi connectivity index (χ2n) is 4.79. The number of nitrogens with zero attached hydrogens (tertiary/aromatic N) is 2. The van der Waals surface area contributed by atoms with Crippen molar-refractivity contribution in [2.75, 3.05) is 18.5 Å². The molecule has 0 saturated heterocycles. The van der Waals surface area contributed by atoms with Gasteiger partial charge in [-0.1, -0.05) is 6.42 Å². The molecule has 1 aliphatic rings. The van der Waals surface area contributed by atoms with Gasteiger partial charge < -0.3 is 4.90 Å². The highest BCUT2D eigenvalue weighted by atomic mass is 35.5. The number of anilines is 1. The Morgan fingerprint density at radius 3 is 2.75 bits per heavy atom. The van der Waals surface area contributed by atoms with Crippen LogP contribution in [-0.2, 0) is 5.88 Å². The van der Waals surface area contributed by atoms with E-state index in [0.717, 1.165) is 29.5 Å². The molecule has 2 rings (SSSR count). The number of aromatic nitrogens is 1. The number of pyridine rings is 1. The summed E-state index contributed by atoms with van der Waals surface area (Å²) in [6.07, 6.45) is 4.14. The summed E-state index contributed by atoms with van der Waals surface area (Å²) in [6.45, 7) is 3.15. The zero-order chi connectivity index (χ0) is 11.5. The van der Waals surface area contributed by atoms with E-state index < -0.39 is 0 Å².